The minimum absolute atomic E-state index is 0.0405. The summed E-state index contributed by atoms with van der Waals surface area (Å²) in [7, 11) is 0. The van der Waals surface area contributed by atoms with Crippen LogP contribution in [0.15, 0.2) is 30.3 Å². The van der Waals surface area contributed by atoms with Crippen LogP contribution in [-0.4, -0.2) is 29.7 Å². The van der Waals surface area contributed by atoms with E-state index in [1.165, 1.54) is 5.56 Å². The molecule has 1 aromatic rings. The molecule has 104 valence electrons. The van der Waals surface area contributed by atoms with Crippen LogP contribution in [0.1, 0.15) is 24.8 Å². The molecule has 0 aromatic heterocycles. The number of carbonyl (C=O) groups is 2. The number of esters is 1. The summed E-state index contributed by atoms with van der Waals surface area (Å²) in [5.74, 6) is -1.50. The highest BCUT2D eigenvalue weighted by atomic mass is 16.5. The smallest absolute Gasteiger partial charge is 0.320 e. The zero-order chi connectivity index (χ0) is 14.1. The molecule has 0 aliphatic carbocycles. The highest BCUT2D eigenvalue weighted by molar-refractivity contribution is 5.75. The SMILES string of the molecule is N[C@@H](CCC(=O)OCCCc1ccccc1)C(=O)O. The summed E-state index contributed by atoms with van der Waals surface area (Å²) in [6.07, 6.45) is 1.75. The van der Waals surface area contributed by atoms with E-state index in [9.17, 15) is 9.59 Å². The van der Waals surface area contributed by atoms with E-state index >= 15 is 0 Å². The van der Waals surface area contributed by atoms with Crippen molar-refractivity contribution in [3.05, 3.63) is 35.9 Å². The molecule has 1 rings (SSSR count). The molecule has 0 amide bonds. The van der Waals surface area contributed by atoms with E-state index in [0.717, 1.165) is 12.8 Å². The summed E-state index contributed by atoms with van der Waals surface area (Å²) in [5, 5.41) is 8.56. The third-order valence-corrected chi connectivity index (χ3v) is 2.69. The van der Waals surface area contributed by atoms with Gasteiger partial charge in [-0.1, -0.05) is 30.3 Å². The Kier molecular flexibility index (Phi) is 6.60. The normalized spacial score (nSPS) is 11.8. The van der Waals surface area contributed by atoms with E-state index < -0.39 is 18.0 Å². The van der Waals surface area contributed by atoms with Gasteiger partial charge in [0.15, 0.2) is 0 Å². The molecular formula is C14H19NO4. The van der Waals surface area contributed by atoms with Crippen molar-refractivity contribution in [2.75, 3.05) is 6.61 Å². The predicted molar refractivity (Wildman–Crippen MR) is 70.6 cm³/mol. The van der Waals surface area contributed by atoms with Crippen LogP contribution in [-0.2, 0) is 20.7 Å². The van der Waals surface area contributed by atoms with E-state index in [4.69, 9.17) is 15.6 Å². The largest absolute Gasteiger partial charge is 0.480 e. The molecule has 0 spiro atoms. The van der Waals surface area contributed by atoms with E-state index in [-0.39, 0.29) is 12.8 Å². The highest BCUT2D eigenvalue weighted by Gasteiger charge is 2.13. The molecule has 5 heteroatoms. The van der Waals surface area contributed by atoms with Crippen molar-refractivity contribution in [1.29, 1.82) is 0 Å². The Morgan fingerprint density at radius 3 is 2.58 bits per heavy atom. The van der Waals surface area contributed by atoms with E-state index in [1.54, 1.807) is 0 Å². The van der Waals surface area contributed by atoms with Crippen LogP contribution < -0.4 is 5.73 Å². The fraction of sp³-hybridized carbons (Fsp3) is 0.429. The second-order valence-electron chi connectivity index (χ2n) is 4.29. The molecule has 0 saturated heterocycles. The predicted octanol–water partition coefficient (Wildman–Crippen LogP) is 1.35. The molecule has 1 aromatic carbocycles. The molecule has 0 saturated carbocycles. The minimum Gasteiger partial charge on any atom is -0.480 e. The number of benzene rings is 1. The maximum Gasteiger partial charge on any atom is 0.320 e. The van der Waals surface area contributed by atoms with E-state index in [1.807, 2.05) is 30.3 Å². The lowest BCUT2D eigenvalue weighted by Crippen LogP contribution is -2.30. The number of ether oxygens (including phenoxy) is 1. The number of aliphatic carboxylic acids is 1. The molecule has 0 aliphatic heterocycles. The number of hydrogen-bond acceptors (Lipinski definition) is 4. The Balaban J connectivity index is 2.09. The van der Waals surface area contributed by atoms with Crippen LogP contribution in [0, 0.1) is 0 Å². The van der Waals surface area contributed by atoms with Crippen molar-refractivity contribution < 1.29 is 19.4 Å². The van der Waals surface area contributed by atoms with Gasteiger partial charge in [-0.2, -0.15) is 0 Å². The summed E-state index contributed by atoms with van der Waals surface area (Å²) < 4.78 is 5.01. The number of carboxylic acids is 1. The Morgan fingerprint density at radius 1 is 1.26 bits per heavy atom. The average molecular weight is 265 g/mol. The van der Waals surface area contributed by atoms with Gasteiger partial charge in [-0.05, 0) is 24.8 Å². The molecular weight excluding hydrogens is 246 g/mol. The van der Waals surface area contributed by atoms with Gasteiger partial charge in [-0.3, -0.25) is 9.59 Å². The van der Waals surface area contributed by atoms with Crippen LogP contribution in [0.5, 0.6) is 0 Å². The summed E-state index contributed by atoms with van der Waals surface area (Å²) in [4.78, 5) is 21.8. The fourth-order valence-corrected chi connectivity index (χ4v) is 1.58. The Morgan fingerprint density at radius 2 is 1.95 bits per heavy atom. The standard InChI is InChI=1S/C14H19NO4/c15-12(14(17)18)8-9-13(16)19-10-4-7-11-5-2-1-3-6-11/h1-3,5-6,12H,4,7-10,15H2,(H,17,18)/t12-/m0/s1. The lowest BCUT2D eigenvalue weighted by atomic mass is 10.1. The molecule has 1 atom stereocenters. The average Bonchev–Trinajstić information content (AvgIpc) is 2.42. The summed E-state index contributed by atoms with van der Waals surface area (Å²) in [6.45, 7) is 0.343. The Labute approximate surface area is 112 Å². The summed E-state index contributed by atoms with van der Waals surface area (Å²) >= 11 is 0. The first-order valence-corrected chi connectivity index (χ1v) is 6.27. The second kappa shape index (κ2) is 8.26. The van der Waals surface area contributed by atoms with Crippen LogP contribution >= 0.6 is 0 Å². The number of aryl methyl sites for hydroxylation is 1. The topological polar surface area (TPSA) is 89.6 Å². The van der Waals surface area contributed by atoms with Crippen molar-refractivity contribution >= 4 is 11.9 Å². The number of carboxylic acid groups (broad SMARTS) is 1. The third-order valence-electron chi connectivity index (χ3n) is 2.69. The number of rotatable bonds is 8. The zero-order valence-electron chi connectivity index (χ0n) is 10.7. The van der Waals surface area contributed by atoms with Crippen molar-refractivity contribution in [3.63, 3.8) is 0 Å². The van der Waals surface area contributed by atoms with Crippen molar-refractivity contribution in [2.24, 2.45) is 5.73 Å². The first-order chi connectivity index (χ1) is 9.09. The Hall–Kier alpha value is -1.88. The van der Waals surface area contributed by atoms with Gasteiger partial charge in [0.2, 0.25) is 0 Å². The zero-order valence-corrected chi connectivity index (χ0v) is 10.7. The van der Waals surface area contributed by atoms with Crippen molar-refractivity contribution in [1.82, 2.24) is 0 Å². The maximum atomic E-state index is 11.3. The van der Waals surface area contributed by atoms with Gasteiger partial charge in [-0.25, -0.2) is 0 Å². The second-order valence-corrected chi connectivity index (χ2v) is 4.29. The van der Waals surface area contributed by atoms with Gasteiger partial charge >= 0.3 is 11.9 Å². The minimum atomic E-state index is -1.10. The van der Waals surface area contributed by atoms with Gasteiger partial charge < -0.3 is 15.6 Å². The van der Waals surface area contributed by atoms with Crippen LogP contribution in [0.2, 0.25) is 0 Å². The molecule has 0 aliphatic rings. The molecule has 19 heavy (non-hydrogen) atoms. The lowest BCUT2D eigenvalue weighted by molar-refractivity contribution is -0.144. The fourth-order valence-electron chi connectivity index (χ4n) is 1.58. The van der Waals surface area contributed by atoms with Crippen molar-refractivity contribution in [2.45, 2.75) is 31.7 Å². The van der Waals surface area contributed by atoms with Gasteiger partial charge in [0.1, 0.15) is 6.04 Å². The monoisotopic (exact) mass is 265 g/mol. The molecule has 0 heterocycles. The molecule has 3 N–H and O–H groups in total. The quantitative estimate of drug-likeness (QED) is 0.547. The maximum absolute atomic E-state index is 11.3. The first kappa shape index (κ1) is 15.2. The van der Waals surface area contributed by atoms with Gasteiger partial charge in [-0.15, -0.1) is 0 Å². The van der Waals surface area contributed by atoms with Crippen LogP contribution in [0.3, 0.4) is 0 Å². The van der Waals surface area contributed by atoms with E-state index in [2.05, 4.69) is 0 Å². The summed E-state index contributed by atoms with van der Waals surface area (Å²) in [6, 6.07) is 8.93. The molecule has 0 bridgehead atoms. The van der Waals surface area contributed by atoms with Crippen molar-refractivity contribution in [3.8, 4) is 0 Å². The lowest BCUT2D eigenvalue weighted by Gasteiger charge is -2.07. The van der Waals surface area contributed by atoms with Gasteiger partial charge in [0.25, 0.3) is 0 Å². The van der Waals surface area contributed by atoms with E-state index in [0.29, 0.717) is 6.61 Å². The number of nitrogens with two attached hydrogens (primary N) is 1. The molecule has 0 radical (unpaired) electrons. The molecule has 5 nitrogen and oxygen atoms in total. The molecule has 0 fully saturated rings. The first-order valence-electron chi connectivity index (χ1n) is 6.27. The van der Waals surface area contributed by atoms with Crippen LogP contribution in [0.25, 0.3) is 0 Å². The third kappa shape index (κ3) is 6.57. The number of hydrogen-bond donors (Lipinski definition) is 2. The van der Waals surface area contributed by atoms with Crippen LogP contribution in [0.4, 0.5) is 0 Å². The highest BCUT2D eigenvalue weighted by Crippen LogP contribution is 2.03. The van der Waals surface area contributed by atoms with Gasteiger partial charge in [0, 0.05) is 6.42 Å². The summed E-state index contributed by atoms with van der Waals surface area (Å²) in [5.41, 5.74) is 6.49. The Bertz CT molecular complexity index is 405. The number of carbonyl (C=O) groups excluding carboxylic acids is 1. The molecule has 0 unspecified atom stereocenters. The van der Waals surface area contributed by atoms with Gasteiger partial charge in [0.05, 0.1) is 6.61 Å².